The largest absolute Gasteiger partial charge is 0.453 e. The zero-order valence-electron chi connectivity index (χ0n) is 22.4. The van der Waals surface area contributed by atoms with Crippen molar-refractivity contribution in [3.05, 3.63) is 59.4 Å². The van der Waals surface area contributed by atoms with E-state index in [0.29, 0.717) is 11.3 Å². The Bertz CT molecular complexity index is 1440. The number of fused-ring (bicyclic) bond motifs is 3. The van der Waals surface area contributed by atoms with Crippen LogP contribution >= 0.6 is 0 Å². The van der Waals surface area contributed by atoms with Gasteiger partial charge in [-0.25, -0.2) is 9.18 Å². The highest BCUT2D eigenvalue weighted by atomic mass is 19.1. The van der Waals surface area contributed by atoms with Crippen molar-refractivity contribution in [2.75, 3.05) is 23.9 Å². The van der Waals surface area contributed by atoms with Crippen LogP contribution in [0.5, 0.6) is 0 Å². The van der Waals surface area contributed by atoms with Gasteiger partial charge < -0.3 is 20.3 Å². The van der Waals surface area contributed by atoms with Crippen LogP contribution in [0, 0.1) is 23.1 Å². The van der Waals surface area contributed by atoms with Crippen LogP contribution in [0.1, 0.15) is 37.8 Å². The van der Waals surface area contributed by atoms with Crippen molar-refractivity contribution in [2.24, 2.45) is 5.92 Å². The number of hydrogen-bond donors (Lipinski definition) is 2. The molecule has 0 bridgehead atoms. The molecule has 3 heterocycles. The summed E-state index contributed by atoms with van der Waals surface area (Å²) >= 11 is 0. The Labute approximate surface area is 231 Å². The van der Waals surface area contributed by atoms with Gasteiger partial charge in [0.2, 0.25) is 11.8 Å². The minimum Gasteiger partial charge on any atom is -0.453 e. The second-order valence-corrected chi connectivity index (χ2v) is 10.9. The van der Waals surface area contributed by atoms with Crippen LogP contribution in [0.15, 0.2) is 42.5 Å². The molecule has 3 aliphatic heterocycles. The highest BCUT2D eigenvalue weighted by Crippen LogP contribution is 2.47. The molecule has 0 saturated carbocycles. The van der Waals surface area contributed by atoms with E-state index >= 15 is 0 Å². The molecular weight excluding hydrogens is 517 g/mol. The van der Waals surface area contributed by atoms with Gasteiger partial charge in [-0.05, 0) is 41.7 Å². The highest BCUT2D eigenvalue weighted by molar-refractivity contribution is 6.09. The van der Waals surface area contributed by atoms with Crippen LogP contribution in [0.4, 0.5) is 20.6 Å². The fraction of sp³-hybridized carbons (Fsp3) is 0.414. The van der Waals surface area contributed by atoms with Crippen molar-refractivity contribution >= 4 is 35.2 Å². The Morgan fingerprint density at radius 3 is 2.70 bits per heavy atom. The van der Waals surface area contributed by atoms with E-state index in [2.05, 4.69) is 21.4 Å². The summed E-state index contributed by atoms with van der Waals surface area (Å²) in [7, 11) is 1.18. The average Bonchev–Trinajstić information content (AvgIpc) is 3.45. The monoisotopic (exact) mass is 547 g/mol. The van der Waals surface area contributed by atoms with Gasteiger partial charge in [-0.15, -0.1) is 0 Å². The minimum absolute atomic E-state index is 0.0383. The molecule has 2 N–H and O–H groups in total. The van der Waals surface area contributed by atoms with E-state index in [1.54, 1.807) is 18.2 Å². The number of nitriles is 1. The topological polar surface area (TPSA) is 132 Å². The van der Waals surface area contributed by atoms with Crippen molar-refractivity contribution in [1.82, 2.24) is 10.2 Å². The maximum absolute atomic E-state index is 14.5. The Hall–Kier alpha value is -4.46. The van der Waals surface area contributed by atoms with E-state index in [9.17, 15) is 28.8 Å². The normalized spacial score (nSPS) is 23.9. The summed E-state index contributed by atoms with van der Waals surface area (Å²) in [6.45, 7) is 3.74. The Morgan fingerprint density at radius 1 is 1.25 bits per heavy atom. The molecule has 2 aromatic carbocycles. The number of halogens is 1. The lowest BCUT2D eigenvalue weighted by Crippen LogP contribution is -2.60. The summed E-state index contributed by atoms with van der Waals surface area (Å²) in [5.74, 6) is -2.04. The lowest BCUT2D eigenvalue weighted by Gasteiger charge is -2.41. The van der Waals surface area contributed by atoms with Gasteiger partial charge in [-0.2, -0.15) is 5.26 Å². The second-order valence-electron chi connectivity index (χ2n) is 10.9. The van der Waals surface area contributed by atoms with Crippen LogP contribution in [0.25, 0.3) is 0 Å². The Morgan fingerprint density at radius 2 is 2.00 bits per heavy atom. The van der Waals surface area contributed by atoms with E-state index in [1.807, 2.05) is 19.9 Å². The average molecular weight is 548 g/mol. The molecule has 5 rings (SSSR count). The number of likely N-dealkylation sites (tertiary alicyclic amines) is 1. The van der Waals surface area contributed by atoms with E-state index in [1.165, 1.54) is 35.1 Å². The van der Waals surface area contributed by atoms with Crippen molar-refractivity contribution in [3.8, 4) is 6.07 Å². The standard InChI is InChI=1S/C29H30FN5O5/c1-16(2)10-24(35-23-12-18(30)9-8-17(23)11-22(25(35)36)33-28(39)40-3)26(37)34-15-29(13-19(34)14-31)20-6-4-5-7-21(20)32-27(29)38/h4-9,12,16,19,22,24H,10-11,13,15H2,1-3H3,(H,32,38)(H,33,39)/t19-,22-,24-,29-/m0/s1. The smallest absolute Gasteiger partial charge is 0.407 e. The van der Waals surface area contributed by atoms with Gasteiger partial charge in [0.15, 0.2) is 0 Å². The number of hydrogen-bond acceptors (Lipinski definition) is 6. The third kappa shape index (κ3) is 4.43. The third-order valence-corrected chi connectivity index (χ3v) is 7.95. The fourth-order valence-corrected chi connectivity index (χ4v) is 6.10. The lowest BCUT2D eigenvalue weighted by molar-refractivity contribution is -0.135. The van der Waals surface area contributed by atoms with E-state index in [4.69, 9.17) is 0 Å². The molecule has 0 aromatic heterocycles. The number of carbonyl (C=O) groups is 4. The molecule has 208 valence electrons. The molecule has 11 heteroatoms. The quantitative estimate of drug-likeness (QED) is 0.592. The van der Waals surface area contributed by atoms with Gasteiger partial charge in [-0.3, -0.25) is 19.3 Å². The number of para-hydroxylation sites is 1. The van der Waals surface area contributed by atoms with Crippen LogP contribution < -0.4 is 15.5 Å². The highest BCUT2D eigenvalue weighted by Gasteiger charge is 2.57. The molecule has 2 aromatic rings. The summed E-state index contributed by atoms with van der Waals surface area (Å²) in [4.78, 5) is 56.1. The summed E-state index contributed by atoms with van der Waals surface area (Å²) < 4.78 is 19.2. The van der Waals surface area contributed by atoms with Gasteiger partial charge in [0.25, 0.3) is 5.91 Å². The molecular formula is C29H30FN5O5. The molecule has 10 nitrogen and oxygen atoms in total. The summed E-state index contributed by atoms with van der Waals surface area (Å²) in [5, 5.41) is 15.5. The first-order valence-electron chi connectivity index (χ1n) is 13.2. The first-order valence-corrected chi connectivity index (χ1v) is 13.2. The number of nitrogens with zero attached hydrogens (tertiary/aromatic N) is 3. The first-order chi connectivity index (χ1) is 19.1. The van der Waals surface area contributed by atoms with Crippen molar-refractivity contribution in [3.63, 3.8) is 0 Å². The predicted molar refractivity (Wildman–Crippen MR) is 143 cm³/mol. The van der Waals surface area contributed by atoms with Crippen molar-refractivity contribution in [1.29, 1.82) is 5.26 Å². The maximum atomic E-state index is 14.5. The zero-order chi connectivity index (χ0) is 28.8. The minimum atomic E-state index is -1.11. The van der Waals surface area contributed by atoms with Gasteiger partial charge in [0.05, 0.1) is 24.3 Å². The Kier molecular flexibility index (Phi) is 6.96. The third-order valence-electron chi connectivity index (χ3n) is 7.95. The molecule has 0 radical (unpaired) electrons. The number of benzene rings is 2. The summed E-state index contributed by atoms with van der Waals surface area (Å²) in [6.07, 6.45) is -0.408. The number of methoxy groups -OCH3 is 1. The second kappa shape index (κ2) is 10.3. The number of ether oxygens (including phenoxy) is 1. The molecule has 0 unspecified atom stereocenters. The Balaban J connectivity index is 1.56. The molecule has 1 spiro atoms. The van der Waals surface area contributed by atoms with Crippen LogP contribution in [0.2, 0.25) is 0 Å². The molecule has 4 atom stereocenters. The van der Waals surface area contributed by atoms with E-state index in [-0.39, 0.29) is 43.3 Å². The molecule has 0 aliphatic carbocycles. The molecule has 1 fully saturated rings. The molecule has 40 heavy (non-hydrogen) atoms. The number of amides is 4. The van der Waals surface area contributed by atoms with Gasteiger partial charge in [-0.1, -0.05) is 38.1 Å². The number of anilines is 2. The summed E-state index contributed by atoms with van der Waals surface area (Å²) in [6, 6.07) is 10.3. The number of nitrogens with one attached hydrogen (secondary N) is 2. The van der Waals surface area contributed by atoms with Crippen LogP contribution in [0.3, 0.4) is 0 Å². The molecule has 3 aliphatic rings. The maximum Gasteiger partial charge on any atom is 0.407 e. The number of alkyl carbamates (subject to hydrolysis) is 1. The molecule has 4 amide bonds. The van der Waals surface area contributed by atoms with Crippen LogP contribution in [-0.2, 0) is 31.0 Å². The summed E-state index contributed by atoms with van der Waals surface area (Å²) in [5.41, 5.74) is 1.07. The predicted octanol–water partition coefficient (Wildman–Crippen LogP) is 2.87. The van der Waals surface area contributed by atoms with Gasteiger partial charge in [0, 0.05) is 25.1 Å². The lowest BCUT2D eigenvalue weighted by atomic mass is 9.80. The van der Waals surface area contributed by atoms with E-state index < -0.39 is 47.3 Å². The van der Waals surface area contributed by atoms with Gasteiger partial charge >= 0.3 is 6.09 Å². The zero-order valence-corrected chi connectivity index (χ0v) is 22.4. The fourth-order valence-electron chi connectivity index (χ4n) is 6.10. The first kappa shape index (κ1) is 27.1. The van der Waals surface area contributed by atoms with Gasteiger partial charge in [0.1, 0.15) is 23.9 Å². The van der Waals surface area contributed by atoms with Crippen molar-refractivity contribution < 1.29 is 28.3 Å². The molecule has 1 saturated heterocycles. The number of carbonyl (C=O) groups excluding carboxylic acids is 4. The SMILES string of the molecule is COC(=O)N[C@H]1Cc2ccc(F)cc2N([C@@H](CC(C)C)C(=O)N2C[C@]3(C[C@H]2C#N)C(=O)Nc2ccccc23)C1=O. The van der Waals surface area contributed by atoms with Crippen molar-refractivity contribution in [2.45, 2.75) is 56.7 Å². The van der Waals surface area contributed by atoms with E-state index in [0.717, 1.165) is 5.56 Å². The number of rotatable bonds is 5. The van der Waals surface area contributed by atoms with Crippen LogP contribution in [-0.4, -0.2) is 60.5 Å².